The first-order valence-electron chi connectivity index (χ1n) is 10.7. The molecule has 5 nitrogen and oxygen atoms in total. The van der Waals surface area contributed by atoms with Gasteiger partial charge in [0, 0.05) is 16.5 Å². The van der Waals surface area contributed by atoms with Gasteiger partial charge in [0.25, 0.3) is 5.91 Å². The summed E-state index contributed by atoms with van der Waals surface area (Å²) in [4.78, 5) is 17.2. The molecule has 34 heavy (non-hydrogen) atoms. The Hall–Kier alpha value is -4.42. The smallest absolute Gasteiger partial charge is 0.257 e. The van der Waals surface area contributed by atoms with E-state index in [4.69, 9.17) is 9.47 Å². The van der Waals surface area contributed by atoms with Gasteiger partial charge in [-0.15, -0.1) is 11.3 Å². The lowest BCUT2D eigenvalue weighted by Crippen LogP contribution is -2.11. The Bertz CT molecular complexity index is 1370. The van der Waals surface area contributed by atoms with E-state index in [1.165, 1.54) is 11.3 Å². The molecule has 1 heterocycles. The van der Waals surface area contributed by atoms with Gasteiger partial charge in [0.15, 0.2) is 5.13 Å². The molecule has 0 atom stereocenters. The molecule has 0 saturated heterocycles. The third kappa shape index (κ3) is 5.31. The van der Waals surface area contributed by atoms with Gasteiger partial charge >= 0.3 is 0 Å². The maximum absolute atomic E-state index is 12.6. The van der Waals surface area contributed by atoms with E-state index in [0.29, 0.717) is 16.4 Å². The third-order valence-corrected chi connectivity index (χ3v) is 5.71. The number of nitrogens with one attached hydrogen (secondary N) is 1. The summed E-state index contributed by atoms with van der Waals surface area (Å²) in [5, 5.41) is 5.32. The molecule has 166 valence electrons. The fourth-order valence-electron chi connectivity index (χ4n) is 3.25. The lowest BCUT2D eigenvalue weighted by molar-refractivity contribution is 0.102. The van der Waals surface area contributed by atoms with Crippen LogP contribution in [0.15, 0.2) is 115 Å². The van der Waals surface area contributed by atoms with Crippen LogP contribution >= 0.6 is 11.3 Å². The number of amides is 1. The summed E-state index contributed by atoms with van der Waals surface area (Å²) in [5.41, 5.74) is 2.26. The van der Waals surface area contributed by atoms with Crippen molar-refractivity contribution in [1.29, 1.82) is 0 Å². The van der Waals surface area contributed by atoms with Crippen molar-refractivity contribution in [3.8, 4) is 34.3 Å². The van der Waals surface area contributed by atoms with Crippen LogP contribution in [0.2, 0.25) is 0 Å². The molecule has 0 bridgehead atoms. The van der Waals surface area contributed by atoms with E-state index in [0.717, 1.165) is 28.5 Å². The molecule has 5 rings (SSSR count). The summed E-state index contributed by atoms with van der Waals surface area (Å²) >= 11 is 1.38. The molecule has 1 amide bonds. The van der Waals surface area contributed by atoms with Crippen molar-refractivity contribution in [2.75, 3.05) is 5.32 Å². The lowest BCUT2D eigenvalue weighted by Gasteiger charge is -2.07. The molecule has 1 aromatic heterocycles. The van der Waals surface area contributed by atoms with Gasteiger partial charge < -0.3 is 9.47 Å². The van der Waals surface area contributed by atoms with E-state index in [-0.39, 0.29) is 5.91 Å². The van der Waals surface area contributed by atoms with Crippen LogP contribution in [0, 0.1) is 0 Å². The van der Waals surface area contributed by atoms with Crippen LogP contribution in [0.25, 0.3) is 11.3 Å². The minimum Gasteiger partial charge on any atom is -0.457 e. The second-order valence-electron chi connectivity index (χ2n) is 7.37. The number of rotatable bonds is 7. The number of benzene rings is 4. The average molecular weight is 465 g/mol. The number of anilines is 1. The van der Waals surface area contributed by atoms with Gasteiger partial charge in [0.2, 0.25) is 0 Å². The number of aromatic nitrogens is 1. The molecule has 5 aromatic rings. The molecular weight excluding hydrogens is 444 g/mol. The predicted molar refractivity (Wildman–Crippen MR) is 135 cm³/mol. The van der Waals surface area contributed by atoms with Crippen LogP contribution in [-0.2, 0) is 0 Å². The summed E-state index contributed by atoms with van der Waals surface area (Å²) in [6, 6.07) is 33.8. The van der Waals surface area contributed by atoms with Crippen molar-refractivity contribution in [2.24, 2.45) is 0 Å². The van der Waals surface area contributed by atoms with Gasteiger partial charge in [-0.05, 0) is 72.8 Å². The maximum atomic E-state index is 12.6. The molecule has 4 aromatic carbocycles. The van der Waals surface area contributed by atoms with Gasteiger partial charge in [-0.2, -0.15) is 0 Å². The lowest BCUT2D eigenvalue weighted by atomic mass is 10.2. The maximum Gasteiger partial charge on any atom is 0.257 e. The molecule has 0 fully saturated rings. The molecule has 0 aliphatic rings. The van der Waals surface area contributed by atoms with Crippen molar-refractivity contribution in [3.05, 3.63) is 120 Å². The zero-order chi connectivity index (χ0) is 23.2. The van der Waals surface area contributed by atoms with Crippen LogP contribution in [0.3, 0.4) is 0 Å². The molecule has 0 aliphatic carbocycles. The van der Waals surface area contributed by atoms with Crippen molar-refractivity contribution >= 4 is 22.4 Å². The van der Waals surface area contributed by atoms with E-state index in [9.17, 15) is 4.79 Å². The summed E-state index contributed by atoms with van der Waals surface area (Å²) in [7, 11) is 0. The quantitative estimate of drug-likeness (QED) is 0.269. The number of carbonyl (C=O) groups excluding carboxylic acids is 1. The predicted octanol–water partition coefficient (Wildman–Crippen LogP) is 7.65. The van der Waals surface area contributed by atoms with Crippen molar-refractivity contribution in [2.45, 2.75) is 0 Å². The first kappa shape index (κ1) is 21.4. The van der Waals surface area contributed by atoms with Crippen LogP contribution in [-0.4, -0.2) is 10.9 Å². The molecule has 1 N–H and O–H groups in total. The first-order chi connectivity index (χ1) is 16.7. The normalized spacial score (nSPS) is 10.5. The van der Waals surface area contributed by atoms with Gasteiger partial charge in [-0.25, -0.2) is 4.98 Å². The number of hydrogen-bond acceptors (Lipinski definition) is 5. The van der Waals surface area contributed by atoms with Crippen molar-refractivity contribution in [3.63, 3.8) is 0 Å². The average Bonchev–Trinajstić information content (AvgIpc) is 3.34. The summed E-state index contributed by atoms with van der Waals surface area (Å²) in [5.74, 6) is 2.72. The minimum absolute atomic E-state index is 0.223. The van der Waals surface area contributed by atoms with Gasteiger partial charge in [0.05, 0.1) is 5.69 Å². The van der Waals surface area contributed by atoms with Gasteiger partial charge in [-0.3, -0.25) is 10.1 Å². The molecule has 0 spiro atoms. The van der Waals surface area contributed by atoms with Crippen LogP contribution in [0.5, 0.6) is 23.0 Å². The molecule has 0 saturated carbocycles. The number of ether oxygens (including phenoxy) is 2. The Balaban J connectivity index is 1.20. The van der Waals surface area contributed by atoms with E-state index in [2.05, 4.69) is 10.3 Å². The summed E-state index contributed by atoms with van der Waals surface area (Å²) < 4.78 is 11.6. The summed E-state index contributed by atoms with van der Waals surface area (Å²) in [6.45, 7) is 0. The van der Waals surface area contributed by atoms with E-state index in [1.54, 1.807) is 24.3 Å². The Morgan fingerprint density at radius 3 is 1.71 bits per heavy atom. The highest BCUT2D eigenvalue weighted by atomic mass is 32.1. The number of nitrogens with zero attached hydrogens (tertiary/aromatic N) is 1. The Morgan fingerprint density at radius 2 is 1.15 bits per heavy atom. The highest BCUT2D eigenvalue weighted by molar-refractivity contribution is 7.14. The molecule has 6 heteroatoms. The third-order valence-electron chi connectivity index (χ3n) is 4.95. The minimum atomic E-state index is -0.223. The zero-order valence-electron chi connectivity index (χ0n) is 18.0. The second-order valence-corrected chi connectivity index (χ2v) is 8.23. The first-order valence-corrected chi connectivity index (χ1v) is 11.5. The highest BCUT2D eigenvalue weighted by Crippen LogP contribution is 2.29. The molecule has 0 aliphatic heterocycles. The van der Waals surface area contributed by atoms with E-state index in [1.807, 2.05) is 90.3 Å². The van der Waals surface area contributed by atoms with Crippen molar-refractivity contribution < 1.29 is 14.3 Å². The fourth-order valence-corrected chi connectivity index (χ4v) is 3.97. The largest absolute Gasteiger partial charge is 0.457 e. The van der Waals surface area contributed by atoms with Crippen LogP contribution in [0.1, 0.15) is 10.4 Å². The van der Waals surface area contributed by atoms with Crippen LogP contribution in [0.4, 0.5) is 5.13 Å². The van der Waals surface area contributed by atoms with E-state index < -0.39 is 0 Å². The standard InChI is InChI=1S/C28H20N2O3S/c31-27(21-13-17-25(18-14-21)33-23-9-5-2-6-10-23)30-28-29-26(19-34-28)20-11-15-24(16-12-20)32-22-7-3-1-4-8-22/h1-19H,(H,29,30,31). The second kappa shape index (κ2) is 10.0. The van der Waals surface area contributed by atoms with Crippen molar-refractivity contribution in [1.82, 2.24) is 4.98 Å². The number of thiazole rings is 1. The zero-order valence-corrected chi connectivity index (χ0v) is 18.9. The van der Waals surface area contributed by atoms with Crippen LogP contribution < -0.4 is 14.8 Å². The molecule has 0 unspecified atom stereocenters. The molecule has 0 radical (unpaired) electrons. The highest BCUT2D eigenvalue weighted by Gasteiger charge is 2.11. The van der Waals surface area contributed by atoms with Gasteiger partial charge in [0.1, 0.15) is 23.0 Å². The number of para-hydroxylation sites is 2. The Labute approximate surface area is 201 Å². The monoisotopic (exact) mass is 464 g/mol. The Morgan fingerprint density at radius 1 is 0.647 bits per heavy atom. The number of hydrogen-bond donors (Lipinski definition) is 1. The molecular formula is C28H20N2O3S. The number of carbonyl (C=O) groups is 1. The fraction of sp³-hybridized carbons (Fsp3) is 0. The van der Waals surface area contributed by atoms with E-state index >= 15 is 0 Å². The van der Waals surface area contributed by atoms with Gasteiger partial charge in [-0.1, -0.05) is 36.4 Å². The summed E-state index contributed by atoms with van der Waals surface area (Å²) in [6.07, 6.45) is 0. The Kier molecular flexibility index (Phi) is 6.31. The SMILES string of the molecule is O=C(Nc1nc(-c2ccc(Oc3ccccc3)cc2)cs1)c1ccc(Oc2ccccc2)cc1. The topological polar surface area (TPSA) is 60.5 Å².